The van der Waals surface area contributed by atoms with E-state index in [1.54, 1.807) is 0 Å². The number of aliphatic hydroxyl groups excluding tert-OH is 1. The van der Waals surface area contributed by atoms with Crippen LogP contribution in [0.25, 0.3) is 0 Å². The summed E-state index contributed by atoms with van der Waals surface area (Å²) in [7, 11) is 1.98. The molecule has 2 rings (SSSR count). The molecule has 2 N–H and O–H groups in total. The molecule has 94 valence electrons. The molecule has 2 fully saturated rings. The SMILES string of the molecule is CNC1(CO)CCC(N2CCCC2(C)C)C1. The smallest absolute Gasteiger partial charge is 0.0613 e. The molecular weight excluding hydrogens is 200 g/mol. The molecule has 0 amide bonds. The lowest BCUT2D eigenvalue weighted by molar-refractivity contribution is 0.102. The van der Waals surface area contributed by atoms with Crippen molar-refractivity contribution in [1.82, 2.24) is 10.2 Å². The van der Waals surface area contributed by atoms with Gasteiger partial charge in [0.05, 0.1) is 6.61 Å². The van der Waals surface area contributed by atoms with Crippen molar-refractivity contribution in [2.75, 3.05) is 20.2 Å². The Hall–Kier alpha value is -0.120. The molecule has 2 atom stereocenters. The number of nitrogens with one attached hydrogen (secondary N) is 1. The zero-order valence-corrected chi connectivity index (χ0v) is 10.9. The van der Waals surface area contributed by atoms with Crippen LogP contribution in [-0.4, -0.2) is 47.3 Å². The zero-order valence-electron chi connectivity index (χ0n) is 10.9. The molecule has 16 heavy (non-hydrogen) atoms. The third kappa shape index (κ3) is 2.01. The average molecular weight is 226 g/mol. The Kier molecular flexibility index (Phi) is 3.30. The van der Waals surface area contributed by atoms with Gasteiger partial charge in [-0.1, -0.05) is 0 Å². The lowest BCUT2D eigenvalue weighted by atomic mass is 9.97. The first-order chi connectivity index (χ1) is 7.53. The molecule has 0 aromatic rings. The number of likely N-dealkylation sites (tertiary alicyclic amines) is 1. The van der Waals surface area contributed by atoms with Crippen molar-refractivity contribution in [3.05, 3.63) is 0 Å². The number of hydrogen-bond acceptors (Lipinski definition) is 3. The van der Waals surface area contributed by atoms with Gasteiger partial charge in [0.1, 0.15) is 0 Å². The monoisotopic (exact) mass is 226 g/mol. The van der Waals surface area contributed by atoms with Crippen LogP contribution in [0.4, 0.5) is 0 Å². The number of aliphatic hydroxyl groups is 1. The topological polar surface area (TPSA) is 35.5 Å². The fourth-order valence-electron chi connectivity index (χ4n) is 3.62. The van der Waals surface area contributed by atoms with Gasteiger partial charge in [0.25, 0.3) is 0 Å². The van der Waals surface area contributed by atoms with Crippen molar-refractivity contribution >= 4 is 0 Å². The molecule has 1 saturated carbocycles. The number of nitrogens with zero attached hydrogens (tertiary/aromatic N) is 1. The Morgan fingerprint density at radius 2 is 2.12 bits per heavy atom. The fourth-order valence-corrected chi connectivity index (χ4v) is 3.62. The molecule has 0 aromatic carbocycles. The van der Waals surface area contributed by atoms with E-state index in [1.807, 2.05) is 7.05 Å². The summed E-state index contributed by atoms with van der Waals surface area (Å²) >= 11 is 0. The van der Waals surface area contributed by atoms with Crippen LogP contribution in [0.2, 0.25) is 0 Å². The first-order valence-corrected chi connectivity index (χ1v) is 6.59. The molecule has 3 heteroatoms. The highest BCUT2D eigenvalue weighted by Gasteiger charge is 2.44. The third-order valence-corrected chi connectivity index (χ3v) is 4.82. The van der Waals surface area contributed by atoms with Crippen LogP contribution in [0.3, 0.4) is 0 Å². The summed E-state index contributed by atoms with van der Waals surface area (Å²) in [6.07, 6.45) is 6.08. The Labute approximate surface area is 99.2 Å². The van der Waals surface area contributed by atoms with Gasteiger partial charge >= 0.3 is 0 Å². The van der Waals surface area contributed by atoms with Crippen LogP contribution in [-0.2, 0) is 0 Å². The van der Waals surface area contributed by atoms with Crippen molar-refractivity contribution in [3.63, 3.8) is 0 Å². The quantitative estimate of drug-likeness (QED) is 0.763. The molecular formula is C13H26N2O. The van der Waals surface area contributed by atoms with E-state index < -0.39 is 0 Å². The van der Waals surface area contributed by atoms with Crippen molar-refractivity contribution < 1.29 is 5.11 Å². The highest BCUT2D eigenvalue weighted by atomic mass is 16.3. The van der Waals surface area contributed by atoms with E-state index in [0.29, 0.717) is 11.6 Å². The summed E-state index contributed by atoms with van der Waals surface area (Å²) in [4.78, 5) is 2.67. The minimum Gasteiger partial charge on any atom is -0.394 e. The lowest BCUT2D eigenvalue weighted by Crippen LogP contribution is -2.48. The van der Waals surface area contributed by atoms with E-state index in [0.717, 1.165) is 12.8 Å². The van der Waals surface area contributed by atoms with Gasteiger partial charge < -0.3 is 10.4 Å². The van der Waals surface area contributed by atoms with E-state index in [1.165, 1.54) is 25.8 Å². The molecule has 1 heterocycles. The normalized spacial score (nSPS) is 39.4. The third-order valence-electron chi connectivity index (χ3n) is 4.82. The second-order valence-electron chi connectivity index (χ2n) is 6.19. The van der Waals surface area contributed by atoms with Gasteiger partial charge in [-0.05, 0) is 59.5 Å². The van der Waals surface area contributed by atoms with Crippen molar-refractivity contribution in [1.29, 1.82) is 0 Å². The highest BCUT2D eigenvalue weighted by molar-refractivity contribution is 5.02. The maximum Gasteiger partial charge on any atom is 0.0613 e. The van der Waals surface area contributed by atoms with Gasteiger partial charge in [-0.25, -0.2) is 0 Å². The molecule has 0 bridgehead atoms. The van der Waals surface area contributed by atoms with E-state index in [-0.39, 0.29) is 12.1 Å². The Balaban J connectivity index is 2.03. The van der Waals surface area contributed by atoms with Crippen LogP contribution in [0.5, 0.6) is 0 Å². The van der Waals surface area contributed by atoms with E-state index in [9.17, 15) is 5.11 Å². The van der Waals surface area contributed by atoms with E-state index >= 15 is 0 Å². The second kappa shape index (κ2) is 4.28. The summed E-state index contributed by atoms with van der Waals surface area (Å²) < 4.78 is 0. The largest absolute Gasteiger partial charge is 0.394 e. The summed E-state index contributed by atoms with van der Waals surface area (Å²) in [5.74, 6) is 0. The summed E-state index contributed by atoms with van der Waals surface area (Å²) in [5, 5.41) is 12.9. The summed E-state index contributed by atoms with van der Waals surface area (Å²) in [6.45, 7) is 6.23. The zero-order chi connectivity index (χ0) is 11.8. The molecule has 1 aliphatic carbocycles. The number of rotatable bonds is 3. The average Bonchev–Trinajstić information content (AvgIpc) is 2.82. The van der Waals surface area contributed by atoms with Crippen molar-refractivity contribution in [2.45, 2.75) is 63.1 Å². The Morgan fingerprint density at radius 1 is 1.38 bits per heavy atom. The molecule has 3 nitrogen and oxygen atoms in total. The predicted octanol–water partition coefficient (Wildman–Crippen LogP) is 1.36. The minimum atomic E-state index is -0.0106. The first kappa shape index (κ1) is 12.3. The van der Waals surface area contributed by atoms with Gasteiger partial charge in [0.2, 0.25) is 0 Å². The van der Waals surface area contributed by atoms with Gasteiger partial charge in [0, 0.05) is 17.1 Å². The predicted molar refractivity (Wildman–Crippen MR) is 66.5 cm³/mol. The lowest BCUT2D eigenvalue weighted by Gasteiger charge is -2.37. The fraction of sp³-hybridized carbons (Fsp3) is 1.00. The molecule has 0 aromatic heterocycles. The van der Waals surface area contributed by atoms with Crippen LogP contribution in [0, 0.1) is 0 Å². The molecule has 0 radical (unpaired) electrons. The van der Waals surface area contributed by atoms with E-state index in [2.05, 4.69) is 24.1 Å². The van der Waals surface area contributed by atoms with Crippen molar-refractivity contribution in [3.8, 4) is 0 Å². The highest BCUT2D eigenvalue weighted by Crippen LogP contribution is 2.39. The second-order valence-corrected chi connectivity index (χ2v) is 6.19. The number of hydrogen-bond donors (Lipinski definition) is 2. The van der Waals surface area contributed by atoms with Crippen molar-refractivity contribution in [2.24, 2.45) is 0 Å². The van der Waals surface area contributed by atoms with Gasteiger partial charge in [-0.3, -0.25) is 4.90 Å². The van der Waals surface area contributed by atoms with Crippen LogP contribution >= 0.6 is 0 Å². The van der Waals surface area contributed by atoms with Gasteiger partial charge in [0.15, 0.2) is 0 Å². The number of likely N-dealkylation sites (N-methyl/N-ethyl adjacent to an activating group) is 1. The minimum absolute atomic E-state index is 0.0106. The van der Waals surface area contributed by atoms with Gasteiger partial charge in [-0.2, -0.15) is 0 Å². The molecule has 2 aliphatic rings. The summed E-state index contributed by atoms with van der Waals surface area (Å²) in [6, 6.07) is 0.664. The molecule has 2 unspecified atom stereocenters. The van der Waals surface area contributed by atoms with Crippen LogP contribution in [0.1, 0.15) is 46.0 Å². The summed E-state index contributed by atoms with van der Waals surface area (Å²) in [5.41, 5.74) is 0.354. The molecule has 1 saturated heterocycles. The van der Waals surface area contributed by atoms with Crippen LogP contribution < -0.4 is 5.32 Å². The first-order valence-electron chi connectivity index (χ1n) is 6.59. The van der Waals surface area contributed by atoms with E-state index in [4.69, 9.17) is 0 Å². The Morgan fingerprint density at radius 3 is 2.56 bits per heavy atom. The standard InChI is InChI=1S/C13H26N2O/c1-12(2)6-4-8-15(12)11-5-7-13(9-11,10-16)14-3/h11,14,16H,4-10H2,1-3H3. The van der Waals surface area contributed by atoms with Gasteiger partial charge in [-0.15, -0.1) is 0 Å². The molecule has 1 aliphatic heterocycles. The Bertz CT molecular complexity index is 248. The maximum atomic E-state index is 9.53. The maximum absolute atomic E-state index is 9.53. The molecule has 0 spiro atoms. The van der Waals surface area contributed by atoms with Crippen LogP contribution in [0.15, 0.2) is 0 Å².